The molecule has 0 saturated carbocycles. The number of carbonyl (C=O) groups is 1. The molecule has 0 aliphatic rings. The summed E-state index contributed by atoms with van der Waals surface area (Å²) in [6.45, 7) is 6.13. The summed E-state index contributed by atoms with van der Waals surface area (Å²) < 4.78 is 3.86. The molecule has 0 radical (unpaired) electrons. The lowest BCUT2D eigenvalue weighted by atomic mass is 10.3. The van der Waals surface area contributed by atoms with Gasteiger partial charge in [0.25, 0.3) is 0 Å². The Labute approximate surface area is 93.7 Å². The van der Waals surface area contributed by atoms with Crippen LogP contribution in [0, 0.1) is 0 Å². The third kappa shape index (κ3) is 3.83. The Balaban J connectivity index is 2.22. The van der Waals surface area contributed by atoms with Crippen molar-refractivity contribution in [2.75, 3.05) is 25.0 Å². The molecule has 0 spiro atoms. The first-order chi connectivity index (χ1) is 7.27. The van der Waals surface area contributed by atoms with Crippen LogP contribution in [0.25, 0.3) is 0 Å². The monoisotopic (exact) mass is 228 g/mol. The maximum atomic E-state index is 11.6. The van der Waals surface area contributed by atoms with E-state index in [1.807, 2.05) is 18.7 Å². The highest BCUT2D eigenvalue weighted by molar-refractivity contribution is 7.09. The van der Waals surface area contributed by atoms with Crippen molar-refractivity contribution < 1.29 is 4.79 Å². The molecule has 0 aromatic carbocycles. The molecule has 1 heterocycles. The molecule has 1 N–H and O–H groups in total. The molecule has 0 saturated heterocycles. The third-order valence-corrected chi connectivity index (χ3v) is 2.71. The van der Waals surface area contributed by atoms with E-state index in [-0.39, 0.29) is 5.91 Å². The van der Waals surface area contributed by atoms with Crippen LogP contribution in [0.1, 0.15) is 20.3 Å². The smallest absolute Gasteiger partial charge is 0.224 e. The highest BCUT2D eigenvalue weighted by Gasteiger charge is 2.08. The molecule has 0 bridgehead atoms. The second-order valence-electron chi connectivity index (χ2n) is 2.99. The van der Waals surface area contributed by atoms with Crippen LogP contribution < -0.4 is 5.32 Å². The van der Waals surface area contributed by atoms with E-state index >= 15 is 0 Å². The van der Waals surface area contributed by atoms with Crippen LogP contribution in [-0.4, -0.2) is 39.8 Å². The molecule has 1 aromatic heterocycles. The van der Waals surface area contributed by atoms with Crippen molar-refractivity contribution >= 4 is 22.6 Å². The van der Waals surface area contributed by atoms with Crippen LogP contribution in [0.5, 0.6) is 0 Å². The molecule has 6 heteroatoms. The van der Waals surface area contributed by atoms with Gasteiger partial charge in [-0.3, -0.25) is 4.79 Å². The maximum Gasteiger partial charge on any atom is 0.224 e. The highest BCUT2D eigenvalue weighted by Crippen LogP contribution is 2.06. The Bertz CT molecular complexity index is 284. The minimum absolute atomic E-state index is 0.178. The number of carbonyl (C=O) groups excluding carboxylic acids is 1. The van der Waals surface area contributed by atoms with Gasteiger partial charge in [-0.2, -0.15) is 4.37 Å². The first-order valence-corrected chi connectivity index (χ1v) is 5.83. The van der Waals surface area contributed by atoms with Crippen molar-refractivity contribution in [3.8, 4) is 0 Å². The van der Waals surface area contributed by atoms with Crippen LogP contribution >= 0.6 is 11.5 Å². The Morgan fingerprint density at radius 1 is 1.53 bits per heavy atom. The molecule has 15 heavy (non-hydrogen) atoms. The van der Waals surface area contributed by atoms with Crippen molar-refractivity contribution in [3.05, 3.63) is 6.33 Å². The van der Waals surface area contributed by atoms with E-state index in [0.717, 1.165) is 18.2 Å². The quantitative estimate of drug-likeness (QED) is 0.795. The van der Waals surface area contributed by atoms with E-state index in [4.69, 9.17) is 0 Å². The second kappa shape index (κ2) is 6.34. The van der Waals surface area contributed by atoms with E-state index in [1.165, 1.54) is 17.9 Å². The Morgan fingerprint density at radius 2 is 2.27 bits per heavy atom. The molecular formula is C9H16N4OS. The van der Waals surface area contributed by atoms with Gasteiger partial charge in [-0.05, 0) is 13.8 Å². The summed E-state index contributed by atoms with van der Waals surface area (Å²) in [5.41, 5.74) is 0. The van der Waals surface area contributed by atoms with Crippen LogP contribution in [0.4, 0.5) is 5.13 Å². The van der Waals surface area contributed by atoms with E-state index in [1.54, 1.807) is 0 Å². The summed E-state index contributed by atoms with van der Waals surface area (Å²) in [4.78, 5) is 17.4. The van der Waals surface area contributed by atoms with Gasteiger partial charge in [0, 0.05) is 37.6 Å². The summed E-state index contributed by atoms with van der Waals surface area (Å²) in [5.74, 6) is 0.178. The first-order valence-electron chi connectivity index (χ1n) is 5.06. The van der Waals surface area contributed by atoms with Gasteiger partial charge in [0.1, 0.15) is 6.33 Å². The number of nitrogens with one attached hydrogen (secondary N) is 1. The summed E-state index contributed by atoms with van der Waals surface area (Å²) in [5, 5.41) is 3.82. The zero-order chi connectivity index (χ0) is 11.1. The molecule has 5 nitrogen and oxygen atoms in total. The maximum absolute atomic E-state index is 11.6. The van der Waals surface area contributed by atoms with E-state index in [0.29, 0.717) is 13.0 Å². The summed E-state index contributed by atoms with van der Waals surface area (Å²) in [6.07, 6.45) is 2.00. The van der Waals surface area contributed by atoms with Gasteiger partial charge in [-0.25, -0.2) is 4.98 Å². The number of nitrogens with zero attached hydrogens (tertiary/aromatic N) is 3. The fraction of sp³-hybridized carbons (Fsp3) is 0.667. The SMILES string of the molecule is CCN(CC)C(=O)CCNc1ncns1. The Kier molecular flexibility index (Phi) is 5.03. The molecule has 0 aliphatic carbocycles. The molecule has 1 amide bonds. The minimum atomic E-state index is 0.178. The lowest BCUT2D eigenvalue weighted by molar-refractivity contribution is -0.130. The van der Waals surface area contributed by atoms with Gasteiger partial charge in [0.05, 0.1) is 0 Å². The summed E-state index contributed by atoms with van der Waals surface area (Å²) >= 11 is 1.30. The predicted molar refractivity (Wildman–Crippen MR) is 60.9 cm³/mol. The topological polar surface area (TPSA) is 58.1 Å². The van der Waals surface area contributed by atoms with Crippen molar-refractivity contribution in [1.82, 2.24) is 14.3 Å². The summed E-state index contributed by atoms with van der Waals surface area (Å²) in [6, 6.07) is 0. The predicted octanol–water partition coefficient (Wildman–Crippen LogP) is 1.21. The lowest BCUT2D eigenvalue weighted by Gasteiger charge is -2.18. The van der Waals surface area contributed by atoms with Gasteiger partial charge in [0.2, 0.25) is 11.0 Å². The number of anilines is 1. The number of amides is 1. The fourth-order valence-corrected chi connectivity index (χ4v) is 1.72. The molecule has 0 atom stereocenters. The highest BCUT2D eigenvalue weighted by atomic mass is 32.1. The van der Waals surface area contributed by atoms with Gasteiger partial charge in [-0.1, -0.05) is 0 Å². The number of hydrogen-bond donors (Lipinski definition) is 1. The Hall–Kier alpha value is -1.17. The van der Waals surface area contributed by atoms with Gasteiger partial charge in [0.15, 0.2) is 0 Å². The number of hydrogen-bond acceptors (Lipinski definition) is 5. The summed E-state index contributed by atoms with van der Waals surface area (Å²) in [7, 11) is 0. The van der Waals surface area contributed by atoms with E-state index < -0.39 is 0 Å². The van der Waals surface area contributed by atoms with E-state index in [9.17, 15) is 4.79 Å². The normalized spacial score (nSPS) is 10.0. The largest absolute Gasteiger partial charge is 0.360 e. The Morgan fingerprint density at radius 3 is 2.80 bits per heavy atom. The molecule has 1 rings (SSSR count). The van der Waals surface area contributed by atoms with Gasteiger partial charge >= 0.3 is 0 Å². The average molecular weight is 228 g/mol. The van der Waals surface area contributed by atoms with Crippen molar-refractivity contribution in [3.63, 3.8) is 0 Å². The molecule has 0 unspecified atom stereocenters. The minimum Gasteiger partial charge on any atom is -0.360 e. The molecule has 84 valence electrons. The lowest BCUT2D eigenvalue weighted by Crippen LogP contribution is -2.31. The number of rotatable bonds is 6. The second-order valence-corrected chi connectivity index (χ2v) is 3.77. The van der Waals surface area contributed by atoms with E-state index in [2.05, 4.69) is 14.7 Å². The zero-order valence-electron chi connectivity index (χ0n) is 9.06. The standard InChI is InChI=1S/C9H16N4OS/c1-3-13(4-2)8(14)5-6-10-9-11-7-12-15-9/h7H,3-6H2,1-2H3,(H,10,11,12). The van der Waals surface area contributed by atoms with Crippen molar-refractivity contribution in [1.29, 1.82) is 0 Å². The fourth-order valence-electron chi connectivity index (χ4n) is 1.26. The van der Waals surface area contributed by atoms with Crippen LogP contribution in [0.3, 0.4) is 0 Å². The first kappa shape index (κ1) is 11.9. The van der Waals surface area contributed by atoms with Crippen molar-refractivity contribution in [2.45, 2.75) is 20.3 Å². The van der Waals surface area contributed by atoms with Crippen LogP contribution in [0.15, 0.2) is 6.33 Å². The van der Waals surface area contributed by atoms with Crippen LogP contribution in [-0.2, 0) is 4.79 Å². The molecular weight excluding hydrogens is 212 g/mol. The van der Waals surface area contributed by atoms with Crippen LogP contribution in [0.2, 0.25) is 0 Å². The third-order valence-electron chi connectivity index (χ3n) is 2.09. The zero-order valence-corrected chi connectivity index (χ0v) is 9.88. The number of aromatic nitrogens is 2. The average Bonchev–Trinajstić information content (AvgIpc) is 2.72. The molecule has 0 aliphatic heterocycles. The van der Waals surface area contributed by atoms with Crippen molar-refractivity contribution in [2.24, 2.45) is 0 Å². The molecule has 0 fully saturated rings. The van der Waals surface area contributed by atoms with Gasteiger partial charge in [-0.15, -0.1) is 0 Å². The van der Waals surface area contributed by atoms with Gasteiger partial charge < -0.3 is 10.2 Å². The molecule has 1 aromatic rings.